The van der Waals surface area contributed by atoms with E-state index in [2.05, 4.69) is 9.97 Å². The molecule has 0 amide bonds. The number of aromatic nitrogens is 2. The van der Waals surface area contributed by atoms with Gasteiger partial charge in [0, 0.05) is 4.88 Å². The largest absolute Gasteiger partial charge is 0.475 e. The Balaban J connectivity index is 0.000000170. The summed E-state index contributed by atoms with van der Waals surface area (Å²) in [4.78, 5) is 30.5. The normalized spacial score (nSPS) is 13.8. The van der Waals surface area contributed by atoms with Crippen LogP contribution in [-0.2, 0) is 12.8 Å². The molecule has 1 aliphatic rings. The van der Waals surface area contributed by atoms with Crippen LogP contribution in [0, 0.1) is 0 Å². The maximum absolute atomic E-state index is 11.8. The van der Waals surface area contributed by atoms with Gasteiger partial charge in [-0.1, -0.05) is 30.3 Å². The molecule has 26 heavy (non-hydrogen) atoms. The number of hydrogen-bond donors (Lipinski definition) is 4. The van der Waals surface area contributed by atoms with Crippen molar-refractivity contribution in [2.45, 2.75) is 25.3 Å². The Bertz CT molecular complexity index is 981. The van der Waals surface area contributed by atoms with Crippen molar-refractivity contribution in [3.05, 3.63) is 62.5 Å². The predicted octanol–water partition coefficient (Wildman–Crippen LogP) is 1.85. The number of thiophene rings is 1. The lowest BCUT2D eigenvalue weighted by Gasteiger charge is -2.06. The number of aromatic amines is 1. The number of fused-ring (bicyclic) bond motifs is 3. The van der Waals surface area contributed by atoms with E-state index >= 15 is 0 Å². The Labute approximate surface area is 153 Å². The van der Waals surface area contributed by atoms with Gasteiger partial charge in [0.25, 0.3) is 5.56 Å². The molecule has 4 rings (SSSR count). The standard InChI is InChI=1S/C10H8N2O3S.C8H11NO/c13-8-6-4-2-1-3-5(4)16-9(6)12-7(11-8)10(14)15;9-8(6-10)7-4-2-1-3-5-7/h1-3H2,(H,14,15)(H,11,12,13);1-5,8,10H,6,9H2/t;8-/m.0/s1. The quantitative estimate of drug-likeness (QED) is 0.554. The minimum atomic E-state index is -1.20. The van der Waals surface area contributed by atoms with Crippen LogP contribution < -0.4 is 11.3 Å². The Kier molecular flexibility index (Phi) is 5.46. The van der Waals surface area contributed by atoms with Crippen LogP contribution in [0.1, 0.15) is 39.1 Å². The number of benzene rings is 1. The van der Waals surface area contributed by atoms with Gasteiger partial charge in [-0.2, -0.15) is 0 Å². The van der Waals surface area contributed by atoms with E-state index in [0.29, 0.717) is 10.2 Å². The Hall–Kier alpha value is -2.55. The van der Waals surface area contributed by atoms with Crippen molar-refractivity contribution >= 4 is 27.5 Å². The summed E-state index contributed by atoms with van der Waals surface area (Å²) in [5.74, 6) is -1.48. The monoisotopic (exact) mass is 373 g/mol. The molecule has 136 valence electrons. The van der Waals surface area contributed by atoms with E-state index in [9.17, 15) is 9.59 Å². The number of nitrogens with one attached hydrogen (secondary N) is 1. The number of carboxylic acid groups (broad SMARTS) is 1. The molecule has 8 heteroatoms. The molecule has 0 bridgehead atoms. The van der Waals surface area contributed by atoms with E-state index in [0.717, 1.165) is 30.4 Å². The highest BCUT2D eigenvalue weighted by Crippen LogP contribution is 2.34. The minimum absolute atomic E-state index is 0.00398. The third kappa shape index (κ3) is 3.67. The summed E-state index contributed by atoms with van der Waals surface area (Å²) in [5, 5.41) is 18.0. The lowest BCUT2D eigenvalue weighted by Crippen LogP contribution is -2.15. The van der Waals surface area contributed by atoms with Gasteiger partial charge in [0.1, 0.15) is 4.83 Å². The number of aromatic carboxylic acids is 1. The van der Waals surface area contributed by atoms with Gasteiger partial charge in [0.15, 0.2) is 0 Å². The van der Waals surface area contributed by atoms with Crippen molar-refractivity contribution in [3.8, 4) is 0 Å². The highest BCUT2D eigenvalue weighted by molar-refractivity contribution is 7.18. The van der Waals surface area contributed by atoms with Gasteiger partial charge in [0.2, 0.25) is 5.82 Å². The summed E-state index contributed by atoms with van der Waals surface area (Å²) >= 11 is 1.44. The molecule has 1 atom stereocenters. The molecule has 0 fully saturated rings. The van der Waals surface area contributed by atoms with E-state index in [1.165, 1.54) is 16.2 Å². The topological polar surface area (TPSA) is 129 Å². The number of aryl methyl sites for hydroxylation is 2. The molecule has 0 radical (unpaired) electrons. The summed E-state index contributed by atoms with van der Waals surface area (Å²) in [5.41, 5.74) is 7.25. The van der Waals surface area contributed by atoms with Gasteiger partial charge in [-0.3, -0.25) is 4.79 Å². The zero-order chi connectivity index (χ0) is 18.7. The lowest BCUT2D eigenvalue weighted by atomic mass is 10.1. The van der Waals surface area contributed by atoms with Crippen LogP contribution in [0.5, 0.6) is 0 Å². The Morgan fingerprint density at radius 2 is 2.04 bits per heavy atom. The van der Waals surface area contributed by atoms with Crippen LogP contribution in [0.4, 0.5) is 0 Å². The molecule has 2 aromatic heterocycles. The second-order valence-corrected chi connectivity index (χ2v) is 7.04. The van der Waals surface area contributed by atoms with Crippen LogP contribution in [0.15, 0.2) is 35.1 Å². The number of nitrogens with two attached hydrogens (primary N) is 1. The third-order valence-electron chi connectivity index (χ3n) is 4.20. The van der Waals surface area contributed by atoms with E-state index in [-0.39, 0.29) is 24.0 Å². The molecule has 0 saturated carbocycles. The molecule has 7 nitrogen and oxygen atoms in total. The molecule has 5 N–H and O–H groups in total. The van der Waals surface area contributed by atoms with Crippen LogP contribution in [0.25, 0.3) is 10.2 Å². The first-order valence-electron chi connectivity index (χ1n) is 8.20. The van der Waals surface area contributed by atoms with Crippen LogP contribution in [0.2, 0.25) is 0 Å². The third-order valence-corrected chi connectivity index (χ3v) is 5.39. The van der Waals surface area contributed by atoms with Crippen molar-refractivity contribution in [3.63, 3.8) is 0 Å². The molecule has 0 saturated heterocycles. The van der Waals surface area contributed by atoms with E-state index < -0.39 is 5.97 Å². The number of rotatable bonds is 3. The number of hydrogen-bond acceptors (Lipinski definition) is 6. The fourth-order valence-electron chi connectivity index (χ4n) is 2.91. The summed E-state index contributed by atoms with van der Waals surface area (Å²) < 4.78 is 0. The van der Waals surface area contributed by atoms with Gasteiger partial charge in [0.05, 0.1) is 18.0 Å². The van der Waals surface area contributed by atoms with Crippen molar-refractivity contribution in [1.82, 2.24) is 9.97 Å². The average molecular weight is 373 g/mol. The Morgan fingerprint density at radius 1 is 1.31 bits per heavy atom. The van der Waals surface area contributed by atoms with Crippen LogP contribution >= 0.6 is 11.3 Å². The molecular formula is C18H19N3O4S. The second kappa shape index (κ2) is 7.77. The first-order valence-corrected chi connectivity index (χ1v) is 9.02. The number of carbonyl (C=O) groups is 1. The zero-order valence-corrected chi connectivity index (χ0v) is 14.8. The van der Waals surface area contributed by atoms with Crippen molar-refractivity contribution < 1.29 is 15.0 Å². The van der Waals surface area contributed by atoms with Gasteiger partial charge in [-0.05, 0) is 30.4 Å². The molecule has 0 unspecified atom stereocenters. The number of carboxylic acids is 1. The summed E-state index contributed by atoms with van der Waals surface area (Å²) in [6.45, 7) is 0.00398. The SMILES string of the molecule is N[C@@H](CO)c1ccccc1.O=C(O)c1nc2sc3c(c2c(=O)[nH]1)CCC3. The number of aliphatic hydroxyl groups excluding tert-OH is 1. The van der Waals surface area contributed by atoms with Gasteiger partial charge in [-0.25, -0.2) is 9.78 Å². The summed E-state index contributed by atoms with van der Waals surface area (Å²) in [7, 11) is 0. The fourth-order valence-corrected chi connectivity index (χ4v) is 4.17. The smallest absolute Gasteiger partial charge is 0.372 e. The molecule has 2 heterocycles. The molecule has 3 aromatic rings. The summed E-state index contributed by atoms with van der Waals surface area (Å²) in [6.07, 6.45) is 2.93. The molecule has 1 aromatic carbocycles. The lowest BCUT2D eigenvalue weighted by molar-refractivity contribution is 0.0683. The number of nitrogens with zero attached hydrogens (tertiary/aromatic N) is 1. The predicted molar refractivity (Wildman–Crippen MR) is 99.7 cm³/mol. The number of aliphatic hydroxyl groups is 1. The van der Waals surface area contributed by atoms with Gasteiger partial charge < -0.3 is 20.9 Å². The fraction of sp³-hybridized carbons (Fsp3) is 0.278. The first-order chi connectivity index (χ1) is 12.5. The van der Waals surface area contributed by atoms with Crippen LogP contribution in [-0.4, -0.2) is 32.8 Å². The number of H-pyrrole nitrogens is 1. The van der Waals surface area contributed by atoms with E-state index in [1.54, 1.807) is 0 Å². The highest BCUT2D eigenvalue weighted by atomic mass is 32.1. The van der Waals surface area contributed by atoms with Gasteiger partial charge in [-0.15, -0.1) is 11.3 Å². The minimum Gasteiger partial charge on any atom is -0.475 e. The second-order valence-electron chi connectivity index (χ2n) is 5.96. The molecule has 0 spiro atoms. The van der Waals surface area contributed by atoms with Crippen molar-refractivity contribution in [2.75, 3.05) is 6.61 Å². The van der Waals surface area contributed by atoms with Crippen LogP contribution in [0.3, 0.4) is 0 Å². The van der Waals surface area contributed by atoms with E-state index in [4.69, 9.17) is 15.9 Å². The molecular weight excluding hydrogens is 354 g/mol. The molecule has 0 aliphatic heterocycles. The maximum Gasteiger partial charge on any atom is 0.372 e. The van der Waals surface area contributed by atoms with E-state index in [1.807, 2.05) is 30.3 Å². The highest BCUT2D eigenvalue weighted by Gasteiger charge is 2.22. The molecule has 1 aliphatic carbocycles. The summed E-state index contributed by atoms with van der Waals surface area (Å²) in [6, 6.07) is 9.31. The van der Waals surface area contributed by atoms with Crippen molar-refractivity contribution in [1.29, 1.82) is 0 Å². The maximum atomic E-state index is 11.8. The zero-order valence-electron chi connectivity index (χ0n) is 13.9. The average Bonchev–Trinajstić information content (AvgIpc) is 3.22. The first kappa shape index (κ1) is 18.2. The van der Waals surface area contributed by atoms with Gasteiger partial charge >= 0.3 is 5.97 Å². The van der Waals surface area contributed by atoms with Crippen molar-refractivity contribution in [2.24, 2.45) is 5.73 Å². The Morgan fingerprint density at radius 3 is 2.69 bits per heavy atom.